The zero-order valence-corrected chi connectivity index (χ0v) is 15.5. The first-order valence-corrected chi connectivity index (χ1v) is 9.87. The number of aromatic nitrogens is 2. The Labute approximate surface area is 160 Å². The topological polar surface area (TPSA) is 80.9 Å². The van der Waals surface area contributed by atoms with Crippen molar-refractivity contribution in [1.29, 1.82) is 0 Å². The average molecular weight is 374 g/mol. The summed E-state index contributed by atoms with van der Waals surface area (Å²) < 4.78 is 0. The van der Waals surface area contributed by atoms with Gasteiger partial charge in [0.1, 0.15) is 9.71 Å². The Hall–Kier alpha value is -2.99. The number of nitrogens with zero attached hydrogens (tertiary/aromatic N) is 2. The van der Waals surface area contributed by atoms with Gasteiger partial charge in [-0.05, 0) is 49.4 Å². The Balaban J connectivity index is 1.50. The number of thiophene rings is 1. The van der Waals surface area contributed by atoms with Crippen molar-refractivity contribution < 1.29 is 4.79 Å². The number of nitrogens with two attached hydrogens (primary N) is 1. The monoisotopic (exact) mass is 374 g/mol. The van der Waals surface area contributed by atoms with Crippen LogP contribution in [0.1, 0.15) is 33.8 Å². The van der Waals surface area contributed by atoms with Crippen molar-refractivity contribution in [2.75, 3.05) is 11.1 Å². The zero-order valence-electron chi connectivity index (χ0n) is 14.7. The first kappa shape index (κ1) is 16.2. The molecule has 0 radical (unpaired) electrons. The van der Waals surface area contributed by atoms with E-state index >= 15 is 0 Å². The molecule has 5 rings (SSSR count). The third-order valence-corrected chi connectivity index (χ3v) is 6.17. The van der Waals surface area contributed by atoms with Gasteiger partial charge in [-0.15, -0.1) is 11.3 Å². The van der Waals surface area contributed by atoms with E-state index in [0.29, 0.717) is 16.3 Å². The van der Waals surface area contributed by atoms with Crippen LogP contribution < -0.4 is 11.1 Å². The van der Waals surface area contributed by atoms with E-state index in [9.17, 15) is 4.79 Å². The van der Waals surface area contributed by atoms with Crippen LogP contribution in [-0.2, 0) is 12.8 Å². The van der Waals surface area contributed by atoms with Crippen LogP contribution in [0.5, 0.6) is 0 Å². The molecule has 0 bridgehead atoms. The van der Waals surface area contributed by atoms with Crippen LogP contribution >= 0.6 is 11.3 Å². The lowest BCUT2D eigenvalue weighted by Gasteiger charge is -2.14. The van der Waals surface area contributed by atoms with Crippen molar-refractivity contribution in [3.05, 3.63) is 58.7 Å². The maximum Gasteiger partial charge on any atom is 0.267 e. The second-order valence-corrected chi connectivity index (χ2v) is 7.87. The fourth-order valence-electron chi connectivity index (χ4n) is 3.66. The summed E-state index contributed by atoms with van der Waals surface area (Å²) in [6.07, 6.45) is 6.08. The molecule has 4 aromatic rings. The predicted molar refractivity (Wildman–Crippen MR) is 110 cm³/mol. The highest BCUT2D eigenvalue weighted by Gasteiger charge is 2.20. The molecule has 0 spiro atoms. The second kappa shape index (κ2) is 6.32. The van der Waals surface area contributed by atoms with Gasteiger partial charge in [-0.3, -0.25) is 9.78 Å². The summed E-state index contributed by atoms with van der Waals surface area (Å²) in [5.41, 5.74) is 10.8. The van der Waals surface area contributed by atoms with Gasteiger partial charge in [0, 0.05) is 16.5 Å². The maximum absolute atomic E-state index is 12.8. The Morgan fingerprint density at radius 2 is 2.00 bits per heavy atom. The van der Waals surface area contributed by atoms with E-state index < -0.39 is 0 Å². The van der Waals surface area contributed by atoms with E-state index in [2.05, 4.69) is 16.4 Å². The van der Waals surface area contributed by atoms with Crippen molar-refractivity contribution in [1.82, 2.24) is 9.97 Å². The summed E-state index contributed by atoms with van der Waals surface area (Å²) in [4.78, 5) is 23.3. The lowest BCUT2D eigenvalue weighted by molar-refractivity contribution is 0.103. The number of aryl methyl sites for hydroxylation is 2. The Morgan fingerprint density at radius 3 is 2.93 bits per heavy atom. The first-order valence-electron chi connectivity index (χ1n) is 9.06. The molecule has 0 fully saturated rings. The van der Waals surface area contributed by atoms with Crippen LogP contribution in [0.2, 0.25) is 0 Å². The molecule has 0 atom stereocenters. The van der Waals surface area contributed by atoms with E-state index in [1.165, 1.54) is 29.7 Å². The zero-order chi connectivity index (χ0) is 18.4. The molecule has 3 aromatic heterocycles. The van der Waals surface area contributed by atoms with E-state index in [0.717, 1.165) is 39.7 Å². The van der Waals surface area contributed by atoms with E-state index in [1.54, 1.807) is 6.20 Å². The highest BCUT2D eigenvalue weighted by atomic mass is 32.1. The lowest BCUT2D eigenvalue weighted by atomic mass is 9.95. The highest BCUT2D eigenvalue weighted by molar-refractivity contribution is 7.21. The van der Waals surface area contributed by atoms with Gasteiger partial charge < -0.3 is 11.1 Å². The number of carbonyl (C=O) groups is 1. The molecule has 1 aliphatic rings. The minimum atomic E-state index is -0.217. The molecule has 27 heavy (non-hydrogen) atoms. The quantitative estimate of drug-likeness (QED) is 0.539. The number of fused-ring (bicyclic) bond motifs is 3. The Morgan fingerprint density at radius 1 is 1.15 bits per heavy atom. The highest BCUT2D eigenvalue weighted by Crippen LogP contribution is 2.35. The summed E-state index contributed by atoms with van der Waals surface area (Å²) in [5, 5.41) is 4.79. The molecule has 0 unspecified atom stereocenters. The number of pyridine rings is 2. The number of hydrogen-bond acceptors (Lipinski definition) is 5. The molecule has 134 valence electrons. The van der Waals surface area contributed by atoms with Crippen molar-refractivity contribution in [2.24, 2.45) is 0 Å². The van der Waals surface area contributed by atoms with Crippen LogP contribution in [0.3, 0.4) is 0 Å². The van der Waals surface area contributed by atoms with Gasteiger partial charge in [0.2, 0.25) is 0 Å². The number of amides is 1. The summed E-state index contributed by atoms with van der Waals surface area (Å²) in [6.45, 7) is 0. The van der Waals surface area contributed by atoms with Gasteiger partial charge in [-0.2, -0.15) is 0 Å². The first-order chi connectivity index (χ1) is 13.2. The van der Waals surface area contributed by atoms with Crippen LogP contribution in [0.25, 0.3) is 21.1 Å². The minimum absolute atomic E-state index is 0.217. The molecule has 1 amide bonds. The molecule has 3 heterocycles. The van der Waals surface area contributed by atoms with Crippen LogP contribution in [0.4, 0.5) is 11.4 Å². The largest absolute Gasteiger partial charge is 0.397 e. The van der Waals surface area contributed by atoms with Gasteiger partial charge in [-0.25, -0.2) is 4.98 Å². The average Bonchev–Trinajstić information content (AvgIpc) is 3.02. The molecular formula is C21H18N4OS. The van der Waals surface area contributed by atoms with Crippen molar-refractivity contribution >= 4 is 49.7 Å². The number of nitrogen functional groups attached to an aromatic ring is 1. The molecule has 1 aliphatic carbocycles. The van der Waals surface area contributed by atoms with Gasteiger partial charge in [-0.1, -0.05) is 18.2 Å². The summed E-state index contributed by atoms with van der Waals surface area (Å²) in [7, 11) is 0. The van der Waals surface area contributed by atoms with E-state index in [-0.39, 0.29) is 5.91 Å². The SMILES string of the molecule is Nc1c(C(=O)Nc2cnc3ccccc3c2)sc2nc3c(cc12)CCCC3. The molecule has 0 saturated heterocycles. The maximum atomic E-state index is 12.8. The number of rotatable bonds is 2. The molecule has 0 saturated carbocycles. The van der Waals surface area contributed by atoms with Crippen molar-refractivity contribution in [3.63, 3.8) is 0 Å². The molecule has 0 aliphatic heterocycles. The molecule has 5 nitrogen and oxygen atoms in total. The van der Waals surface area contributed by atoms with Crippen molar-refractivity contribution in [2.45, 2.75) is 25.7 Å². The number of benzene rings is 1. The van der Waals surface area contributed by atoms with Crippen LogP contribution in [0.15, 0.2) is 42.6 Å². The smallest absolute Gasteiger partial charge is 0.267 e. The van der Waals surface area contributed by atoms with Crippen LogP contribution in [0, 0.1) is 0 Å². The summed E-state index contributed by atoms with van der Waals surface area (Å²) in [5.74, 6) is -0.217. The second-order valence-electron chi connectivity index (χ2n) is 6.87. The fraction of sp³-hybridized carbons (Fsp3) is 0.190. The third-order valence-electron chi connectivity index (χ3n) is 5.05. The molecule has 3 N–H and O–H groups in total. The molecule has 6 heteroatoms. The van der Waals surface area contributed by atoms with Gasteiger partial charge >= 0.3 is 0 Å². The fourth-order valence-corrected chi connectivity index (χ4v) is 4.65. The normalized spacial score (nSPS) is 13.6. The number of carbonyl (C=O) groups excluding carboxylic acids is 1. The molecule has 1 aromatic carbocycles. The predicted octanol–water partition coefficient (Wildman–Crippen LogP) is 4.56. The van der Waals surface area contributed by atoms with Gasteiger partial charge in [0.15, 0.2) is 0 Å². The number of anilines is 2. The van der Waals surface area contributed by atoms with Gasteiger partial charge in [0.05, 0.1) is 23.1 Å². The summed E-state index contributed by atoms with van der Waals surface area (Å²) >= 11 is 1.36. The standard InChI is InChI=1S/C21H18N4OS/c22-18-15-10-13-6-2-4-8-17(13)25-21(15)27-19(18)20(26)24-14-9-12-5-1-3-7-16(12)23-11-14/h1,3,5,7,9-11H,2,4,6,8,22H2,(H,24,26). The van der Waals surface area contributed by atoms with Crippen molar-refractivity contribution in [3.8, 4) is 0 Å². The third kappa shape index (κ3) is 2.82. The number of hydrogen-bond donors (Lipinski definition) is 2. The van der Waals surface area contributed by atoms with E-state index in [4.69, 9.17) is 10.7 Å². The van der Waals surface area contributed by atoms with Crippen LogP contribution in [-0.4, -0.2) is 15.9 Å². The Bertz CT molecular complexity index is 1200. The summed E-state index contributed by atoms with van der Waals surface area (Å²) in [6, 6.07) is 11.8. The minimum Gasteiger partial charge on any atom is -0.397 e. The number of nitrogens with one attached hydrogen (secondary N) is 1. The Kier molecular flexibility index (Phi) is 3.79. The number of para-hydroxylation sites is 1. The lowest BCUT2D eigenvalue weighted by Crippen LogP contribution is -2.12. The van der Waals surface area contributed by atoms with E-state index in [1.807, 2.05) is 30.3 Å². The molecular weight excluding hydrogens is 356 g/mol. The van der Waals surface area contributed by atoms with Gasteiger partial charge in [0.25, 0.3) is 5.91 Å².